The maximum atomic E-state index is 3.52. The summed E-state index contributed by atoms with van der Waals surface area (Å²) in [6.45, 7) is 16.2. The van der Waals surface area contributed by atoms with Crippen molar-refractivity contribution in [3.05, 3.63) is 0 Å². The van der Waals surface area contributed by atoms with Gasteiger partial charge in [-0.3, -0.25) is 9.80 Å². The highest BCUT2D eigenvalue weighted by atomic mass is 15.3. The van der Waals surface area contributed by atoms with Crippen LogP contribution >= 0.6 is 0 Å². The Bertz CT molecular complexity index is 201. The summed E-state index contributed by atoms with van der Waals surface area (Å²) < 4.78 is 0. The summed E-state index contributed by atoms with van der Waals surface area (Å²) in [5.41, 5.74) is 0.330. The molecule has 1 aliphatic heterocycles. The van der Waals surface area contributed by atoms with E-state index < -0.39 is 0 Å². The minimum Gasteiger partial charge on any atom is -0.315 e. The lowest BCUT2D eigenvalue weighted by Gasteiger charge is -2.45. The molecule has 0 atom stereocenters. The second-order valence-corrected chi connectivity index (χ2v) is 6.11. The van der Waals surface area contributed by atoms with E-state index >= 15 is 0 Å². The monoisotopic (exact) mass is 227 g/mol. The predicted molar refractivity (Wildman–Crippen MR) is 70.9 cm³/mol. The molecular formula is C13H29N3. The van der Waals surface area contributed by atoms with E-state index in [2.05, 4.69) is 49.9 Å². The van der Waals surface area contributed by atoms with Gasteiger partial charge in [0.05, 0.1) is 0 Å². The molecule has 0 radical (unpaired) electrons. The van der Waals surface area contributed by atoms with Gasteiger partial charge in [0.15, 0.2) is 0 Å². The van der Waals surface area contributed by atoms with E-state index in [9.17, 15) is 0 Å². The second-order valence-electron chi connectivity index (χ2n) is 6.11. The zero-order valence-corrected chi connectivity index (χ0v) is 11.7. The van der Waals surface area contributed by atoms with Crippen LogP contribution in [0.15, 0.2) is 0 Å². The van der Waals surface area contributed by atoms with Crippen molar-refractivity contribution in [1.82, 2.24) is 15.1 Å². The number of piperazine rings is 1. The molecule has 0 spiro atoms. The average molecular weight is 227 g/mol. The summed E-state index contributed by atoms with van der Waals surface area (Å²) in [6, 6.07) is 0. The molecule has 0 amide bonds. The molecule has 0 aromatic carbocycles. The molecule has 0 aliphatic carbocycles. The third kappa shape index (κ3) is 4.40. The molecule has 0 bridgehead atoms. The molecule has 3 heteroatoms. The topological polar surface area (TPSA) is 18.5 Å². The maximum absolute atomic E-state index is 3.52. The molecule has 0 saturated carbocycles. The van der Waals surface area contributed by atoms with Gasteiger partial charge in [0.25, 0.3) is 0 Å². The van der Waals surface area contributed by atoms with Crippen LogP contribution in [0, 0.1) is 5.92 Å². The van der Waals surface area contributed by atoms with Gasteiger partial charge in [-0.25, -0.2) is 0 Å². The Kier molecular flexibility index (Phi) is 5.22. The van der Waals surface area contributed by atoms with Gasteiger partial charge in [-0.05, 0) is 33.4 Å². The summed E-state index contributed by atoms with van der Waals surface area (Å²) >= 11 is 0. The number of likely N-dealkylation sites (N-methyl/N-ethyl adjacent to an activating group) is 1. The van der Waals surface area contributed by atoms with Gasteiger partial charge in [0.2, 0.25) is 0 Å². The molecule has 1 saturated heterocycles. The fraction of sp³-hybridized carbons (Fsp3) is 1.00. The highest BCUT2D eigenvalue weighted by Gasteiger charge is 2.30. The van der Waals surface area contributed by atoms with E-state index in [0.29, 0.717) is 5.54 Å². The predicted octanol–water partition coefficient (Wildman–Crippen LogP) is 1.26. The Morgan fingerprint density at radius 1 is 1.25 bits per heavy atom. The number of hydrogen-bond acceptors (Lipinski definition) is 3. The highest BCUT2D eigenvalue weighted by molar-refractivity contribution is 4.88. The first kappa shape index (κ1) is 13.9. The smallest absolute Gasteiger partial charge is 0.0277 e. The average Bonchev–Trinajstić information content (AvgIpc) is 2.17. The first-order valence-electron chi connectivity index (χ1n) is 6.56. The van der Waals surface area contributed by atoms with Crippen LogP contribution in [-0.4, -0.2) is 61.7 Å². The lowest BCUT2D eigenvalue weighted by Crippen LogP contribution is -2.58. The number of nitrogens with zero attached hydrogens (tertiary/aromatic N) is 2. The lowest BCUT2D eigenvalue weighted by molar-refractivity contribution is 0.0407. The first-order chi connectivity index (χ1) is 7.42. The van der Waals surface area contributed by atoms with Crippen molar-refractivity contribution in [1.29, 1.82) is 0 Å². The summed E-state index contributed by atoms with van der Waals surface area (Å²) in [6.07, 6.45) is 0. The SMILES string of the molecule is CC(C)CNCCN1CCN(C)C(C)(C)C1. The highest BCUT2D eigenvalue weighted by Crippen LogP contribution is 2.18. The van der Waals surface area contributed by atoms with E-state index in [0.717, 1.165) is 19.0 Å². The van der Waals surface area contributed by atoms with Crippen LogP contribution in [0.3, 0.4) is 0 Å². The third-order valence-electron chi connectivity index (χ3n) is 3.55. The van der Waals surface area contributed by atoms with E-state index in [1.807, 2.05) is 0 Å². The number of nitrogens with one attached hydrogen (secondary N) is 1. The van der Waals surface area contributed by atoms with E-state index in [-0.39, 0.29) is 0 Å². The van der Waals surface area contributed by atoms with Gasteiger partial charge >= 0.3 is 0 Å². The largest absolute Gasteiger partial charge is 0.315 e. The van der Waals surface area contributed by atoms with Crippen LogP contribution in [-0.2, 0) is 0 Å². The third-order valence-corrected chi connectivity index (χ3v) is 3.55. The second kappa shape index (κ2) is 5.99. The molecule has 1 rings (SSSR count). The summed E-state index contributed by atoms with van der Waals surface area (Å²) in [5, 5.41) is 3.52. The van der Waals surface area contributed by atoms with E-state index in [1.165, 1.54) is 26.2 Å². The molecule has 0 aromatic heterocycles. The molecule has 1 fully saturated rings. The maximum Gasteiger partial charge on any atom is 0.0277 e. The van der Waals surface area contributed by atoms with Gasteiger partial charge in [-0.15, -0.1) is 0 Å². The van der Waals surface area contributed by atoms with Crippen LogP contribution in [0.2, 0.25) is 0 Å². The minimum atomic E-state index is 0.330. The van der Waals surface area contributed by atoms with E-state index in [4.69, 9.17) is 0 Å². The standard InChI is InChI=1S/C13H29N3/c1-12(2)10-14-6-7-16-9-8-15(5)13(3,4)11-16/h12,14H,6-11H2,1-5H3. The Balaban J connectivity index is 2.19. The van der Waals surface area contributed by atoms with Crippen LogP contribution in [0.4, 0.5) is 0 Å². The Labute approximate surface area is 101 Å². The van der Waals surface area contributed by atoms with Crippen molar-refractivity contribution < 1.29 is 0 Å². The molecule has 1 heterocycles. The fourth-order valence-electron chi connectivity index (χ4n) is 2.16. The van der Waals surface area contributed by atoms with Crippen molar-refractivity contribution in [2.45, 2.75) is 33.2 Å². The summed E-state index contributed by atoms with van der Waals surface area (Å²) in [4.78, 5) is 5.04. The molecule has 96 valence electrons. The molecule has 0 unspecified atom stereocenters. The van der Waals surface area contributed by atoms with Crippen LogP contribution in [0.25, 0.3) is 0 Å². The van der Waals surface area contributed by atoms with Gasteiger partial charge in [-0.1, -0.05) is 13.8 Å². The Morgan fingerprint density at radius 3 is 2.50 bits per heavy atom. The molecular weight excluding hydrogens is 198 g/mol. The van der Waals surface area contributed by atoms with Crippen molar-refractivity contribution in [2.24, 2.45) is 5.92 Å². The normalized spacial score (nSPS) is 22.9. The van der Waals surface area contributed by atoms with Crippen LogP contribution < -0.4 is 5.32 Å². The van der Waals surface area contributed by atoms with Crippen molar-refractivity contribution in [2.75, 3.05) is 46.3 Å². The van der Waals surface area contributed by atoms with Crippen molar-refractivity contribution in [3.63, 3.8) is 0 Å². The van der Waals surface area contributed by atoms with E-state index in [1.54, 1.807) is 0 Å². The van der Waals surface area contributed by atoms with Gasteiger partial charge in [0.1, 0.15) is 0 Å². The van der Waals surface area contributed by atoms with Crippen molar-refractivity contribution in [3.8, 4) is 0 Å². The molecule has 3 nitrogen and oxygen atoms in total. The summed E-state index contributed by atoms with van der Waals surface area (Å²) in [5.74, 6) is 0.754. The number of rotatable bonds is 5. The zero-order chi connectivity index (χ0) is 12.2. The van der Waals surface area contributed by atoms with Gasteiger partial charge in [-0.2, -0.15) is 0 Å². The molecule has 0 aromatic rings. The molecule has 1 N–H and O–H groups in total. The number of hydrogen-bond donors (Lipinski definition) is 1. The molecule has 1 aliphatic rings. The Morgan fingerprint density at radius 2 is 1.94 bits per heavy atom. The van der Waals surface area contributed by atoms with Gasteiger partial charge < -0.3 is 5.32 Å². The quantitative estimate of drug-likeness (QED) is 0.713. The fourth-order valence-corrected chi connectivity index (χ4v) is 2.16. The van der Waals surface area contributed by atoms with Crippen LogP contribution in [0.1, 0.15) is 27.7 Å². The minimum absolute atomic E-state index is 0.330. The molecule has 16 heavy (non-hydrogen) atoms. The Hall–Kier alpha value is -0.120. The van der Waals surface area contributed by atoms with Crippen LogP contribution in [0.5, 0.6) is 0 Å². The summed E-state index contributed by atoms with van der Waals surface area (Å²) in [7, 11) is 2.23. The van der Waals surface area contributed by atoms with Gasteiger partial charge in [0, 0.05) is 38.3 Å². The first-order valence-corrected chi connectivity index (χ1v) is 6.56. The lowest BCUT2D eigenvalue weighted by atomic mass is 10.00. The zero-order valence-electron chi connectivity index (χ0n) is 11.7. The van der Waals surface area contributed by atoms with Crippen molar-refractivity contribution >= 4 is 0 Å².